The molecule has 7 rings (SSSR count). The fourth-order valence-electron chi connectivity index (χ4n) is 6.84. The average molecular weight is 494 g/mol. The Labute approximate surface area is 212 Å². The van der Waals surface area contributed by atoms with Gasteiger partial charge in [0.25, 0.3) is 0 Å². The van der Waals surface area contributed by atoms with E-state index in [-0.39, 0.29) is 5.92 Å². The van der Waals surface area contributed by atoms with Crippen molar-refractivity contribution in [3.8, 4) is 0 Å². The van der Waals surface area contributed by atoms with E-state index in [2.05, 4.69) is 16.8 Å². The summed E-state index contributed by atoms with van der Waals surface area (Å²) in [4.78, 5) is 4.72. The Morgan fingerprint density at radius 1 is 1.06 bits per heavy atom. The lowest BCUT2D eigenvalue weighted by molar-refractivity contribution is -0.959. The van der Waals surface area contributed by atoms with Crippen molar-refractivity contribution in [2.75, 3.05) is 19.6 Å². The number of oxazole rings is 1. The van der Waals surface area contributed by atoms with Crippen molar-refractivity contribution in [1.82, 2.24) is 4.98 Å². The summed E-state index contributed by atoms with van der Waals surface area (Å²) < 4.78 is 13.9. The van der Waals surface area contributed by atoms with Gasteiger partial charge in [0.05, 0.1) is 25.9 Å². The van der Waals surface area contributed by atoms with Crippen LogP contribution in [0.5, 0.6) is 0 Å². The molecule has 0 amide bonds. The van der Waals surface area contributed by atoms with Gasteiger partial charge in [-0.3, -0.25) is 0 Å². The molecule has 3 aromatic rings. The number of hydrogen-bond acceptors (Lipinski definition) is 5. The molecule has 4 aliphatic rings. The van der Waals surface area contributed by atoms with E-state index in [4.69, 9.17) is 14.1 Å². The topological polar surface area (TPSA) is 55.5 Å². The van der Waals surface area contributed by atoms with Crippen molar-refractivity contribution in [2.24, 2.45) is 11.8 Å². The van der Waals surface area contributed by atoms with E-state index in [1.807, 2.05) is 36.5 Å². The molecular formula is C29H37N2O3S+. The van der Waals surface area contributed by atoms with Crippen molar-refractivity contribution < 1.29 is 18.7 Å². The number of rotatable bonds is 8. The summed E-state index contributed by atoms with van der Waals surface area (Å²) in [6, 6.07) is 12.2. The van der Waals surface area contributed by atoms with Crippen LogP contribution in [0.4, 0.5) is 0 Å². The molecule has 3 aliphatic heterocycles. The van der Waals surface area contributed by atoms with Gasteiger partial charge in [-0.05, 0) is 40.8 Å². The first-order valence-electron chi connectivity index (χ1n) is 13.4. The van der Waals surface area contributed by atoms with E-state index in [1.165, 1.54) is 37.9 Å². The number of aromatic nitrogens is 1. The summed E-state index contributed by atoms with van der Waals surface area (Å²) >= 11 is 1.73. The highest BCUT2D eigenvalue weighted by atomic mass is 32.1. The highest BCUT2D eigenvalue weighted by molar-refractivity contribution is 7.07. The van der Waals surface area contributed by atoms with Crippen molar-refractivity contribution in [3.63, 3.8) is 0 Å². The molecule has 1 aliphatic carbocycles. The minimum absolute atomic E-state index is 0.137. The second kappa shape index (κ2) is 9.81. The molecule has 1 aromatic carbocycles. The number of quaternary nitrogens is 1. The van der Waals surface area contributed by atoms with E-state index >= 15 is 0 Å². The number of nitrogens with zero attached hydrogens (tertiary/aromatic N) is 2. The zero-order valence-corrected chi connectivity index (χ0v) is 21.3. The smallest absolute Gasteiger partial charge is 0.231 e. The third kappa shape index (κ3) is 4.62. The number of fused-ring (bicyclic) bond motifs is 3. The van der Waals surface area contributed by atoms with Gasteiger partial charge >= 0.3 is 0 Å². The number of piperidine rings is 3. The number of aliphatic hydroxyl groups is 1. The molecule has 2 aromatic heterocycles. The summed E-state index contributed by atoms with van der Waals surface area (Å²) in [6.07, 6.45) is 10.2. The summed E-state index contributed by atoms with van der Waals surface area (Å²) in [5.41, 5.74) is 1.01. The van der Waals surface area contributed by atoms with E-state index in [9.17, 15) is 5.11 Å². The number of thiophene rings is 1. The molecule has 2 atom stereocenters. The molecule has 35 heavy (non-hydrogen) atoms. The van der Waals surface area contributed by atoms with Crippen LogP contribution in [0.3, 0.4) is 0 Å². The van der Waals surface area contributed by atoms with Crippen LogP contribution in [0.25, 0.3) is 0 Å². The number of benzene rings is 1. The van der Waals surface area contributed by atoms with Gasteiger partial charge in [0.15, 0.2) is 11.4 Å². The van der Waals surface area contributed by atoms with Crippen molar-refractivity contribution >= 4 is 11.3 Å². The Bertz CT molecular complexity index is 1080. The van der Waals surface area contributed by atoms with E-state index < -0.39 is 5.60 Å². The van der Waals surface area contributed by atoms with Gasteiger partial charge in [0, 0.05) is 24.7 Å². The average Bonchev–Trinajstić information content (AvgIpc) is 3.61. The molecule has 4 fully saturated rings. The van der Waals surface area contributed by atoms with Crippen LogP contribution in [0, 0.1) is 11.8 Å². The number of hydrogen-bond donors (Lipinski definition) is 1. The Morgan fingerprint density at radius 3 is 2.60 bits per heavy atom. The molecular weight excluding hydrogens is 456 g/mol. The van der Waals surface area contributed by atoms with Crippen LogP contribution in [0.15, 0.2) is 57.8 Å². The van der Waals surface area contributed by atoms with E-state index in [0.29, 0.717) is 24.5 Å². The van der Waals surface area contributed by atoms with Crippen molar-refractivity contribution in [2.45, 2.75) is 69.8 Å². The maximum Gasteiger partial charge on any atom is 0.231 e. The summed E-state index contributed by atoms with van der Waals surface area (Å²) in [6.45, 7) is 4.92. The molecule has 5 nitrogen and oxygen atoms in total. The van der Waals surface area contributed by atoms with Gasteiger partial charge in [-0.2, -0.15) is 11.3 Å². The zero-order valence-electron chi connectivity index (χ0n) is 20.5. The van der Waals surface area contributed by atoms with Gasteiger partial charge in [-0.25, -0.2) is 4.98 Å². The van der Waals surface area contributed by atoms with Crippen LogP contribution in [-0.4, -0.2) is 40.3 Å². The second-order valence-electron chi connectivity index (χ2n) is 11.0. The van der Waals surface area contributed by atoms with Gasteiger partial charge < -0.3 is 18.7 Å². The first-order valence-corrected chi connectivity index (χ1v) is 14.3. The SMILES string of the molecule is O[C@](c1ccccc1)(c1ncc(C[N+]23CCC(CC2)C(OCc2ccsc2)C3)o1)C1CCCCC1. The van der Waals surface area contributed by atoms with Crippen molar-refractivity contribution in [1.29, 1.82) is 0 Å². The molecule has 0 radical (unpaired) electrons. The maximum atomic E-state index is 12.1. The molecule has 1 saturated carbocycles. The molecule has 5 heterocycles. The second-order valence-corrected chi connectivity index (χ2v) is 11.8. The molecule has 186 valence electrons. The third-order valence-corrected chi connectivity index (χ3v) is 9.60. The summed E-state index contributed by atoms with van der Waals surface area (Å²) in [7, 11) is 0. The predicted octanol–water partition coefficient (Wildman–Crippen LogP) is 5.88. The molecule has 3 saturated heterocycles. The van der Waals surface area contributed by atoms with Gasteiger partial charge in [-0.15, -0.1) is 0 Å². The molecule has 0 spiro atoms. The van der Waals surface area contributed by atoms with Crippen LogP contribution in [0.2, 0.25) is 0 Å². The minimum atomic E-state index is -1.17. The summed E-state index contributed by atoms with van der Waals surface area (Å²) in [5, 5.41) is 16.5. The Hall–Kier alpha value is -1.99. The third-order valence-electron chi connectivity index (χ3n) is 8.87. The largest absolute Gasteiger partial charge is 0.436 e. The highest BCUT2D eigenvalue weighted by Crippen LogP contribution is 2.44. The lowest BCUT2D eigenvalue weighted by atomic mass is 9.73. The lowest BCUT2D eigenvalue weighted by Crippen LogP contribution is -2.63. The highest BCUT2D eigenvalue weighted by Gasteiger charge is 2.48. The standard InChI is InChI=1S/C29H37N2O3S/c32-29(24-7-3-1-4-8-24,25-9-5-2-6-10-25)28-30-17-26(34-28)18-31-14-11-23(12-15-31)27(19-31)33-20-22-13-16-35-21-22/h1,3-4,7-8,13,16-17,21,23,25,27,32H,2,5-6,9-12,14-15,18-20H2/q+1/t23?,27?,29-,31?/m0/s1. The van der Waals surface area contributed by atoms with Crippen LogP contribution in [0.1, 0.15) is 67.7 Å². The van der Waals surface area contributed by atoms with Gasteiger partial charge in [0.2, 0.25) is 5.89 Å². The van der Waals surface area contributed by atoms with E-state index in [0.717, 1.165) is 54.6 Å². The molecule has 6 heteroatoms. The molecule has 1 unspecified atom stereocenters. The Kier molecular flexibility index (Phi) is 6.56. The maximum absolute atomic E-state index is 12.1. The lowest BCUT2D eigenvalue weighted by Gasteiger charge is -2.52. The first-order chi connectivity index (χ1) is 17.1. The van der Waals surface area contributed by atoms with Crippen LogP contribution < -0.4 is 0 Å². The van der Waals surface area contributed by atoms with Gasteiger partial charge in [-0.1, -0.05) is 49.6 Å². The number of ether oxygens (including phenoxy) is 1. The van der Waals surface area contributed by atoms with Crippen molar-refractivity contribution in [3.05, 3.63) is 76.1 Å². The fraction of sp³-hybridized carbons (Fsp3) is 0.552. The van der Waals surface area contributed by atoms with Gasteiger partial charge in [0.1, 0.15) is 19.2 Å². The summed E-state index contributed by atoms with van der Waals surface area (Å²) in [5.74, 6) is 2.18. The quantitative estimate of drug-likeness (QED) is 0.398. The fourth-order valence-corrected chi connectivity index (χ4v) is 7.50. The molecule has 1 N–H and O–H groups in total. The normalized spacial score (nSPS) is 28.7. The Morgan fingerprint density at radius 2 is 1.86 bits per heavy atom. The van der Waals surface area contributed by atoms with E-state index in [1.54, 1.807) is 11.3 Å². The minimum Gasteiger partial charge on any atom is -0.436 e. The predicted molar refractivity (Wildman–Crippen MR) is 137 cm³/mol. The zero-order chi connectivity index (χ0) is 23.7. The monoisotopic (exact) mass is 493 g/mol. The molecule has 2 bridgehead atoms. The Balaban J connectivity index is 1.21. The van der Waals surface area contributed by atoms with Crippen LogP contribution >= 0.6 is 11.3 Å². The van der Waals surface area contributed by atoms with Crippen LogP contribution in [-0.2, 0) is 23.5 Å². The first kappa shape index (κ1) is 23.4.